The number of imidazole rings is 1. The zero-order valence-corrected chi connectivity index (χ0v) is 12.6. The highest BCUT2D eigenvalue weighted by Gasteiger charge is 2.34. The van der Waals surface area contributed by atoms with E-state index in [1.54, 1.807) is 0 Å². The number of nitrogens with one attached hydrogen (secondary N) is 1. The van der Waals surface area contributed by atoms with Crippen molar-refractivity contribution >= 4 is 5.95 Å². The van der Waals surface area contributed by atoms with Gasteiger partial charge in [-0.05, 0) is 39.5 Å². The highest BCUT2D eigenvalue weighted by atomic mass is 16.5. The van der Waals surface area contributed by atoms with Crippen molar-refractivity contribution in [3.05, 3.63) is 12.4 Å². The lowest BCUT2D eigenvalue weighted by atomic mass is 9.86. The molecule has 0 radical (unpaired) electrons. The number of nitrogens with zero attached hydrogens (tertiary/aromatic N) is 2. The first-order valence-corrected chi connectivity index (χ1v) is 7.53. The fourth-order valence-electron chi connectivity index (χ4n) is 2.92. The molecule has 0 amide bonds. The van der Waals surface area contributed by atoms with Gasteiger partial charge in [0.25, 0.3) is 0 Å². The lowest BCUT2D eigenvalue weighted by Gasteiger charge is -2.40. The molecule has 1 aromatic heterocycles. The molecule has 4 nitrogen and oxygen atoms in total. The fourth-order valence-corrected chi connectivity index (χ4v) is 2.92. The van der Waals surface area contributed by atoms with Crippen molar-refractivity contribution < 1.29 is 4.74 Å². The van der Waals surface area contributed by atoms with Crippen molar-refractivity contribution in [1.82, 2.24) is 9.55 Å². The van der Waals surface area contributed by atoms with Gasteiger partial charge in [-0.2, -0.15) is 0 Å². The summed E-state index contributed by atoms with van der Waals surface area (Å²) in [6.07, 6.45) is 8.21. The van der Waals surface area contributed by atoms with E-state index in [-0.39, 0.29) is 5.60 Å². The number of hydrogen-bond acceptors (Lipinski definition) is 3. The molecule has 0 aliphatic carbocycles. The van der Waals surface area contributed by atoms with E-state index in [9.17, 15) is 0 Å². The Bertz CT molecular complexity index is 396. The van der Waals surface area contributed by atoms with Crippen molar-refractivity contribution in [2.24, 2.45) is 0 Å². The van der Waals surface area contributed by atoms with Gasteiger partial charge >= 0.3 is 0 Å². The monoisotopic (exact) mass is 265 g/mol. The van der Waals surface area contributed by atoms with Crippen LogP contribution in [0.2, 0.25) is 0 Å². The van der Waals surface area contributed by atoms with Gasteiger partial charge in [0.1, 0.15) is 0 Å². The molecule has 0 aromatic carbocycles. The summed E-state index contributed by atoms with van der Waals surface area (Å²) < 4.78 is 8.21. The molecule has 4 heteroatoms. The van der Waals surface area contributed by atoms with Crippen LogP contribution in [-0.4, -0.2) is 27.8 Å². The summed E-state index contributed by atoms with van der Waals surface area (Å²) in [6.45, 7) is 9.65. The van der Waals surface area contributed by atoms with Crippen molar-refractivity contribution in [3.63, 3.8) is 0 Å². The third-order valence-electron chi connectivity index (χ3n) is 4.34. The van der Waals surface area contributed by atoms with Crippen LogP contribution in [0.5, 0.6) is 0 Å². The van der Waals surface area contributed by atoms with Crippen molar-refractivity contribution in [2.75, 3.05) is 11.9 Å². The molecule has 1 saturated heterocycles. The minimum Gasteiger partial charge on any atom is -0.375 e. The molecular formula is C15H27N3O. The first-order chi connectivity index (χ1) is 9.10. The van der Waals surface area contributed by atoms with Crippen LogP contribution in [0, 0.1) is 0 Å². The first-order valence-electron chi connectivity index (χ1n) is 7.53. The Morgan fingerprint density at radius 3 is 2.84 bits per heavy atom. The predicted molar refractivity (Wildman–Crippen MR) is 78.5 cm³/mol. The first kappa shape index (κ1) is 14.4. The Balaban J connectivity index is 2.04. The number of hydrogen-bond donors (Lipinski definition) is 1. The van der Waals surface area contributed by atoms with E-state index in [0.29, 0.717) is 12.1 Å². The SMILES string of the molecule is CCC1(CC)CC(Nc2nccn2C(C)C)CCO1. The fraction of sp³-hybridized carbons (Fsp3) is 0.800. The largest absolute Gasteiger partial charge is 0.375 e. The van der Waals surface area contributed by atoms with Gasteiger partial charge < -0.3 is 14.6 Å². The average molecular weight is 265 g/mol. The van der Waals surface area contributed by atoms with E-state index in [4.69, 9.17) is 4.74 Å². The van der Waals surface area contributed by atoms with E-state index in [2.05, 4.69) is 42.6 Å². The lowest BCUT2D eigenvalue weighted by molar-refractivity contribution is -0.0865. The Kier molecular flexibility index (Phi) is 4.50. The van der Waals surface area contributed by atoms with Gasteiger partial charge in [0.2, 0.25) is 5.95 Å². The molecule has 1 unspecified atom stereocenters. The predicted octanol–water partition coefficient (Wildman–Crippen LogP) is 3.61. The minimum atomic E-state index is 0.0607. The molecule has 1 atom stereocenters. The van der Waals surface area contributed by atoms with E-state index in [0.717, 1.165) is 38.2 Å². The third-order valence-corrected chi connectivity index (χ3v) is 4.34. The van der Waals surface area contributed by atoms with E-state index in [1.807, 2.05) is 12.4 Å². The van der Waals surface area contributed by atoms with Gasteiger partial charge in [-0.15, -0.1) is 0 Å². The molecule has 19 heavy (non-hydrogen) atoms. The third kappa shape index (κ3) is 3.11. The molecular weight excluding hydrogens is 238 g/mol. The van der Waals surface area contributed by atoms with Gasteiger partial charge in [-0.25, -0.2) is 4.98 Å². The quantitative estimate of drug-likeness (QED) is 0.884. The zero-order valence-electron chi connectivity index (χ0n) is 12.6. The van der Waals surface area contributed by atoms with E-state index in [1.165, 1.54) is 0 Å². The lowest BCUT2D eigenvalue weighted by Crippen LogP contribution is -2.44. The van der Waals surface area contributed by atoms with E-state index < -0.39 is 0 Å². The maximum absolute atomic E-state index is 6.02. The van der Waals surface area contributed by atoms with Crippen LogP contribution in [-0.2, 0) is 4.74 Å². The summed E-state index contributed by atoms with van der Waals surface area (Å²) in [7, 11) is 0. The molecule has 2 rings (SSSR count). The summed E-state index contributed by atoms with van der Waals surface area (Å²) in [4.78, 5) is 4.44. The number of rotatable bonds is 5. The van der Waals surface area contributed by atoms with Crippen molar-refractivity contribution in [3.8, 4) is 0 Å². The summed E-state index contributed by atoms with van der Waals surface area (Å²) in [5.41, 5.74) is 0.0607. The van der Waals surface area contributed by atoms with Gasteiger partial charge in [-0.1, -0.05) is 13.8 Å². The van der Waals surface area contributed by atoms with Gasteiger partial charge in [0.05, 0.1) is 5.60 Å². The second-order valence-corrected chi connectivity index (χ2v) is 5.82. The summed E-state index contributed by atoms with van der Waals surface area (Å²) >= 11 is 0. The summed E-state index contributed by atoms with van der Waals surface area (Å²) in [5, 5.41) is 3.61. The van der Waals surface area contributed by atoms with Crippen LogP contribution in [0.1, 0.15) is 59.4 Å². The van der Waals surface area contributed by atoms with Gasteiger partial charge in [-0.3, -0.25) is 0 Å². The smallest absolute Gasteiger partial charge is 0.203 e. The molecule has 108 valence electrons. The number of ether oxygens (including phenoxy) is 1. The number of aromatic nitrogens is 2. The molecule has 0 spiro atoms. The highest BCUT2D eigenvalue weighted by Crippen LogP contribution is 2.32. The molecule has 1 aliphatic rings. The Morgan fingerprint density at radius 2 is 2.21 bits per heavy atom. The van der Waals surface area contributed by atoms with Crippen LogP contribution in [0.4, 0.5) is 5.95 Å². The van der Waals surface area contributed by atoms with Crippen LogP contribution >= 0.6 is 0 Å². The topological polar surface area (TPSA) is 39.1 Å². The molecule has 0 bridgehead atoms. The molecule has 2 heterocycles. The maximum Gasteiger partial charge on any atom is 0.203 e. The molecule has 1 aliphatic heterocycles. The summed E-state index contributed by atoms with van der Waals surface area (Å²) in [6, 6.07) is 0.903. The standard InChI is InChI=1S/C15H27N3O/c1-5-15(6-2)11-13(7-10-19-15)17-14-16-8-9-18(14)12(3)4/h8-9,12-13H,5-7,10-11H2,1-4H3,(H,16,17). The van der Waals surface area contributed by atoms with Gasteiger partial charge in [0.15, 0.2) is 0 Å². The van der Waals surface area contributed by atoms with Crippen molar-refractivity contribution in [2.45, 2.75) is 71.1 Å². The Hall–Kier alpha value is -1.03. The molecule has 0 saturated carbocycles. The Morgan fingerprint density at radius 1 is 1.47 bits per heavy atom. The molecule has 1 aromatic rings. The second-order valence-electron chi connectivity index (χ2n) is 5.82. The highest BCUT2D eigenvalue weighted by molar-refractivity contribution is 5.28. The number of anilines is 1. The zero-order chi connectivity index (χ0) is 13.9. The van der Waals surface area contributed by atoms with Crippen molar-refractivity contribution in [1.29, 1.82) is 0 Å². The van der Waals surface area contributed by atoms with Crippen LogP contribution in [0.3, 0.4) is 0 Å². The average Bonchev–Trinajstić information content (AvgIpc) is 2.87. The van der Waals surface area contributed by atoms with Crippen LogP contribution < -0.4 is 5.32 Å². The van der Waals surface area contributed by atoms with Crippen LogP contribution in [0.15, 0.2) is 12.4 Å². The van der Waals surface area contributed by atoms with E-state index >= 15 is 0 Å². The Labute approximate surface area is 116 Å². The molecule has 1 fully saturated rings. The van der Waals surface area contributed by atoms with Crippen LogP contribution in [0.25, 0.3) is 0 Å². The van der Waals surface area contributed by atoms with Gasteiger partial charge in [0, 0.05) is 31.1 Å². The second kappa shape index (κ2) is 5.95. The normalized spacial score (nSPS) is 22.7. The molecule has 1 N–H and O–H groups in total. The minimum absolute atomic E-state index is 0.0607. The maximum atomic E-state index is 6.02. The summed E-state index contributed by atoms with van der Waals surface area (Å²) in [5.74, 6) is 0.989.